The van der Waals surface area contributed by atoms with E-state index in [-0.39, 0.29) is 23.5 Å². The Morgan fingerprint density at radius 1 is 1.29 bits per heavy atom. The summed E-state index contributed by atoms with van der Waals surface area (Å²) in [6.07, 6.45) is 2.92. The van der Waals surface area contributed by atoms with E-state index < -0.39 is 0 Å². The standard InChI is InChI=1S/C12H21NO3S/c1-15-9-6-13(7-10(9)16-2)11(14)5-12(8-17)3-4-12/h9-10,17H,3-8H2,1-2H3. The summed E-state index contributed by atoms with van der Waals surface area (Å²) in [6, 6.07) is 0. The summed E-state index contributed by atoms with van der Waals surface area (Å²) in [5, 5.41) is 0. The number of hydrogen-bond donors (Lipinski definition) is 1. The summed E-state index contributed by atoms with van der Waals surface area (Å²) < 4.78 is 10.7. The van der Waals surface area contributed by atoms with E-state index in [0.717, 1.165) is 18.6 Å². The van der Waals surface area contributed by atoms with Gasteiger partial charge in [-0.1, -0.05) is 0 Å². The Labute approximate surface area is 108 Å². The molecule has 1 saturated carbocycles. The van der Waals surface area contributed by atoms with Crippen LogP contribution in [0.2, 0.25) is 0 Å². The molecular formula is C12H21NO3S. The van der Waals surface area contributed by atoms with Gasteiger partial charge in [0.1, 0.15) is 12.2 Å². The molecule has 4 nitrogen and oxygen atoms in total. The van der Waals surface area contributed by atoms with Crippen molar-refractivity contribution in [2.45, 2.75) is 31.5 Å². The highest BCUT2D eigenvalue weighted by Crippen LogP contribution is 2.50. The number of carbonyl (C=O) groups excluding carboxylic acids is 1. The van der Waals surface area contributed by atoms with Crippen molar-refractivity contribution in [3.8, 4) is 0 Å². The van der Waals surface area contributed by atoms with Crippen molar-refractivity contribution in [2.75, 3.05) is 33.1 Å². The monoisotopic (exact) mass is 259 g/mol. The third kappa shape index (κ3) is 2.77. The molecule has 1 aliphatic heterocycles. The maximum absolute atomic E-state index is 12.2. The quantitative estimate of drug-likeness (QED) is 0.747. The minimum Gasteiger partial charge on any atom is -0.377 e. The average molecular weight is 259 g/mol. The fourth-order valence-corrected chi connectivity index (χ4v) is 2.83. The predicted molar refractivity (Wildman–Crippen MR) is 68.3 cm³/mol. The first-order valence-corrected chi connectivity index (χ1v) is 6.71. The van der Waals surface area contributed by atoms with Crippen LogP contribution in [0, 0.1) is 5.41 Å². The van der Waals surface area contributed by atoms with Crippen LogP contribution in [-0.2, 0) is 14.3 Å². The molecule has 2 unspecified atom stereocenters. The Morgan fingerprint density at radius 2 is 1.82 bits per heavy atom. The zero-order valence-corrected chi connectivity index (χ0v) is 11.4. The molecule has 5 heteroatoms. The lowest BCUT2D eigenvalue weighted by atomic mass is 10.0. The lowest BCUT2D eigenvalue weighted by Crippen LogP contribution is -2.32. The van der Waals surface area contributed by atoms with Gasteiger partial charge in [-0.2, -0.15) is 12.6 Å². The normalized spacial score (nSPS) is 30.6. The summed E-state index contributed by atoms with van der Waals surface area (Å²) in [6.45, 7) is 1.30. The first-order chi connectivity index (χ1) is 8.14. The second kappa shape index (κ2) is 5.16. The number of nitrogens with zero attached hydrogens (tertiary/aromatic N) is 1. The van der Waals surface area contributed by atoms with Crippen molar-refractivity contribution in [2.24, 2.45) is 5.41 Å². The topological polar surface area (TPSA) is 38.8 Å². The van der Waals surface area contributed by atoms with Crippen LogP contribution in [0.1, 0.15) is 19.3 Å². The van der Waals surface area contributed by atoms with Gasteiger partial charge in [-0.3, -0.25) is 4.79 Å². The molecule has 17 heavy (non-hydrogen) atoms. The summed E-state index contributed by atoms with van der Waals surface area (Å²) in [5.74, 6) is 1.03. The highest BCUT2D eigenvalue weighted by atomic mass is 32.1. The van der Waals surface area contributed by atoms with E-state index in [1.165, 1.54) is 0 Å². The Morgan fingerprint density at radius 3 is 2.18 bits per heavy atom. The number of hydrogen-bond acceptors (Lipinski definition) is 4. The average Bonchev–Trinajstić information content (AvgIpc) is 2.98. The van der Waals surface area contributed by atoms with Gasteiger partial charge in [-0.25, -0.2) is 0 Å². The minimum atomic E-state index is 0.00936. The molecule has 0 radical (unpaired) electrons. The smallest absolute Gasteiger partial charge is 0.223 e. The summed E-state index contributed by atoms with van der Waals surface area (Å²) in [5.41, 5.74) is 0.188. The SMILES string of the molecule is COC1CN(C(=O)CC2(CS)CC2)CC1OC. The number of methoxy groups -OCH3 is 2. The Balaban J connectivity index is 1.89. The maximum atomic E-state index is 12.2. The molecule has 0 aromatic rings. The fraction of sp³-hybridized carbons (Fsp3) is 0.917. The van der Waals surface area contributed by atoms with E-state index >= 15 is 0 Å². The highest BCUT2D eigenvalue weighted by Gasteiger charge is 2.45. The van der Waals surface area contributed by atoms with E-state index in [1.807, 2.05) is 4.90 Å². The molecular weight excluding hydrogens is 238 g/mol. The number of amides is 1. The third-order valence-corrected chi connectivity index (χ3v) is 4.66. The van der Waals surface area contributed by atoms with E-state index in [4.69, 9.17) is 9.47 Å². The number of thiol groups is 1. The Hall–Kier alpha value is -0.260. The molecule has 0 bridgehead atoms. The molecule has 2 aliphatic rings. The largest absolute Gasteiger partial charge is 0.377 e. The van der Waals surface area contributed by atoms with Gasteiger partial charge in [0, 0.05) is 33.7 Å². The lowest BCUT2D eigenvalue weighted by Gasteiger charge is -2.19. The number of likely N-dealkylation sites (tertiary alicyclic amines) is 1. The van der Waals surface area contributed by atoms with Gasteiger partial charge in [0.25, 0.3) is 0 Å². The predicted octanol–water partition coefficient (Wildman–Crippen LogP) is 0.959. The molecule has 0 spiro atoms. The summed E-state index contributed by atoms with van der Waals surface area (Å²) in [7, 11) is 3.33. The van der Waals surface area contributed by atoms with Gasteiger partial charge in [0.2, 0.25) is 5.91 Å². The molecule has 0 aromatic heterocycles. The maximum Gasteiger partial charge on any atom is 0.223 e. The van der Waals surface area contributed by atoms with Crippen molar-refractivity contribution < 1.29 is 14.3 Å². The molecule has 0 N–H and O–H groups in total. The molecule has 2 rings (SSSR count). The van der Waals surface area contributed by atoms with Crippen molar-refractivity contribution in [1.82, 2.24) is 4.90 Å². The molecule has 1 saturated heterocycles. The number of carbonyl (C=O) groups is 1. The van der Waals surface area contributed by atoms with E-state index in [1.54, 1.807) is 14.2 Å². The second-order valence-corrected chi connectivity index (χ2v) is 5.50. The van der Waals surface area contributed by atoms with Crippen LogP contribution in [0.4, 0.5) is 0 Å². The van der Waals surface area contributed by atoms with Crippen molar-refractivity contribution in [3.63, 3.8) is 0 Å². The van der Waals surface area contributed by atoms with Crippen molar-refractivity contribution >= 4 is 18.5 Å². The first-order valence-electron chi connectivity index (χ1n) is 6.08. The zero-order chi connectivity index (χ0) is 12.5. The Bertz CT molecular complexity index is 281. The zero-order valence-electron chi connectivity index (χ0n) is 10.5. The Kier molecular flexibility index (Phi) is 4.00. The number of ether oxygens (including phenoxy) is 2. The highest BCUT2D eigenvalue weighted by molar-refractivity contribution is 7.80. The minimum absolute atomic E-state index is 0.00936. The molecule has 1 amide bonds. The van der Waals surface area contributed by atoms with E-state index in [0.29, 0.717) is 19.5 Å². The van der Waals surface area contributed by atoms with Gasteiger partial charge >= 0.3 is 0 Å². The molecule has 2 fully saturated rings. The van der Waals surface area contributed by atoms with Crippen molar-refractivity contribution in [1.29, 1.82) is 0 Å². The van der Waals surface area contributed by atoms with Gasteiger partial charge < -0.3 is 14.4 Å². The van der Waals surface area contributed by atoms with Crippen molar-refractivity contribution in [3.05, 3.63) is 0 Å². The molecule has 2 atom stereocenters. The first kappa shape index (κ1) is 13.2. The summed E-state index contributed by atoms with van der Waals surface area (Å²) >= 11 is 4.33. The van der Waals surface area contributed by atoms with Crippen LogP contribution in [-0.4, -0.2) is 56.1 Å². The van der Waals surface area contributed by atoms with E-state index in [9.17, 15) is 4.79 Å². The third-order valence-electron chi connectivity index (χ3n) is 3.99. The van der Waals surface area contributed by atoms with Crippen LogP contribution in [0.5, 0.6) is 0 Å². The summed E-state index contributed by atoms with van der Waals surface area (Å²) in [4.78, 5) is 14.0. The second-order valence-electron chi connectivity index (χ2n) is 5.18. The molecule has 1 aliphatic carbocycles. The lowest BCUT2D eigenvalue weighted by molar-refractivity contribution is -0.131. The van der Waals surface area contributed by atoms with Crippen LogP contribution in [0.3, 0.4) is 0 Å². The molecule has 98 valence electrons. The number of rotatable bonds is 5. The molecule has 0 aromatic carbocycles. The molecule has 1 heterocycles. The van der Waals surface area contributed by atoms with Crippen LogP contribution in [0.15, 0.2) is 0 Å². The van der Waals surface area contributed by atoms with Crippen LogP contribution < -0.4 is 0 Å². The van der Waals surface area contributed by atoms with Gasteiger partial charge in [-0.15, -0.1) is 0 Å². The van der Waals surface area contributed by atoms with Crippen LogP contribution in [0.25, 0.3) is 0 Å². The van der Waals surface area contributed by atoms with Crippen LogP contribution >= 0.6 is 12.6 Å². The fourth-order valence-electron chi connectivity index (χ4n) is 2.40. The van der Waals surface area contributed by atoms with Gasteiger partial charge in [-0.05, 0) is 24.0 Å². The van der Waals surface area contributed by atoms with E-state index in [2.05, 4.69) is 12.6 Å². The van der Waals surface area contributed by atoms with Gasteiger partial charge in [0.05, 0.1) is 0 Å². The van der Waals surface area contributed by atoms with Gasteiger partial charge in [0.15, 0.2) is 0 Å².